The summed E-state index contributed by atoms with van der Waals surface area (Å²) in [5.74, 6) is 1.45. The van der Waals surface area contributed by atoms with E-state index in [0.717, 1.165) is 18.8 Å². The summed E-state index contributed by atoms with van der Waals surface area (Å²) >= 11 is 0. The van der Waals surface area contributed by atoms with Crippen molar-refractivity contribution in [2.24, 2.45) is 16.6 Å². The van der Waals surface area contributed by atoms with Crippen molar-refractivity contribution in [2.45, 2.75) is 39.0 Å². The van der Waals surface area contributed by atoms with Crippen LogP contribution in [0.25, 0.3) is 0 Å². The number of hydrogen-bond donors (Lipinski definition) is 1. The van der Waals surface area contributed by atoms with Crippen LogP contribution in [-0.4, -0.2) is 12.4 Å². The molecule has 1 aromatic rings. The van der Waals surface area contributed by atoms with Gasteiger partial charge in [-0.3, -0.25) is 4.99 Å². The lowest BCUT2D eigenvalue weighted by atomic mass is 10.1. The van der Waals surface area contributed by atoms with Crippen molar-refractivity contribution in [3.63, 3.8) is 0 Å². The molecule has 0 heterocycles. The van der Waals surface area contributed by atoms with Crippen molar-refractivity contribution in [1.29, 1.82) is 0 Å². The molecule has 1 aliphatic carbocycles. The highest BCUT2D eigenvalue weighted by Gasteiger charge is 2.17. The minimum absolute atomic E-state index is 0.563. The molecule has 0 amide bonds. The number of nitrogens with two attached hydrogens (primary N) is 1. The van der Waals surface area contributed by atoms with Gasteiger partial charge >= 0.3 is 0 Å². The smallest absolute Gasteiger partial charge is 0.0968 e. The molecule has 1 aromatic carbocycles. The fourth-order valence-corrected chi connectivity index (χ4v) is 2.53. The predicted molar refractivity (Wildman–Crippen MR) is 73.3 cm³/mol. The molecular formula is C15H22N2. The third-order valence-electron chi connectivity index (χ3n) is 3.55. The Bertz CT molecular complexity index is 390. The molecule has 2 N–H and O–H groups in total. The molecule has 0 spiro atoms. The van der Waals surface area contributed by atoms with E-state index < -0.39 is 0 Å². The Morgan fingerprint density at radius 1 is 1.35 bits per heavy atom. The number of rotatable bonds is 4. The predicted octanol–water partition coefficient (Wildman–Crippen LogP) is 3.08. The average Bonchev–Trinajstić information content (AvgIpc) is 2.82. The second-order valence-electron chi connectivity index (χ2n) is 5.03. The maximum absolute atomic E-state index is 6.02. The van der Waals surface area contributed by atoms with Gasteiger partial charge in [-0.2, -0.15) is 0 Å². The Labute approximate surface area is 104 Å². The van der Waals surface area contributed by atoms with Crippen LogP contribution in [-0.2, 0) is 6.42 Å². The molecule has 1 saturated carbocycles. The fourth-order valence-electron chi connectivity index (χ4n) is 2.53. The van der Waals surface area contributed by atoms with Gasteiger partial charge in [0, 0.05) is 12.5 Å². The van der Waals surface area contributed by atoms with Gasteiger partial charge in [-0.25, -0.2) is 0 Å². The first-order valence-electron chi connectivity index (χ1n) is 6.61. The standard InChI is InChI=1S/C15H22N2/c1-12-5-4-6-13(11-12)9-10-17-15(16)14-7-2-3-8-14/h4-6,11,14H,2-3,7-10H2,1H3,(H2,16,17). The lowest BCUT2D eigenvalue weighted by Crippen LogP contribution is -2.21. The van der Waals surface area contributed by atoms with E-state index in [-0.39, 0.29) is 0 Å². The second kappa shape index (κ2) is 5.85. The first kappa shape index (κ1) is 12.2. The van der Waals surface area contributed by atoms with Crippen LogP contribution in [0.5, 0.6) is 0 Å². The molecule has 0 atom stereocenters. The van der Waals surface area contributed by atoms with Gasteiger partial charge in [0.15, 0.2) is 0 Å². The van der Waals surface area contributed by atoms with Crippen LogP contribution in [0.2, 0.25) is 0 Å². The Morgan fingerprint density at radius 2 is 2.12 bits per heavy atom. The van der Waals surface area contributed by atoms with Crippen LogP contribution >= 0.6 is 0 Å². The monoisotopic (exact) mass is 230 g/mol. The Hall–Kier alpha value is -1.31. The molecule has 17 heavy (non-hydrogen) atoms. The number of nitrogens with zero attached hydrogens (tertiary/aromatic N) is 1. The van der Waals surface area contributed by atoms with Crippen molar-refractivity contribution in [3.8, 4) is 0 Å². The second-order valence-corrected chi connectivity index (χ2v) is 5.03. The fraction of sp³-hybridized carbons (Fsp3) is 0.533. The highest BCUT2D eigenvalue weighted by Crippen LogP contribution is 2.24. The first-order valence-corrected chi connectivity index (χ1v) is 6.61. The maximum Gasteiger partial charge on any atom is 0.0968 e. The Balaban J connectivity index is 1.84. The zero-order chi connectivity index (χ0) is 12.1. The first-order chi connectivity index (χ1) is 8.25. The Morgan fingerprint density at radius 3 is 2.82 bits per heavy atom. The summed E-state index contributed by atoms with van der Waals surface area (Å²) in [5, 5.41) is 0. The third-order valence-corrected chi connectivity index (χ3v) is 3.55. The normalized spacial score (nSPS) is 17.6. The van der Waals surface area contributed by atoms with E-state index >= 15 is 0 Å². The number of amidine groups is 1. The topological polar surface area (TPSA) is 38.4 Å². The van der Waals surface area contributed by atoms with E-state index in [1.807, 2.05) is 0 Å². The van der Waals surface area contributed by atoms with Gasteiger partial charge in [-0.15, -0.1) is 0 Å². The SMILES string of the molecule is Cc1cccc(CCN=C(N)C2CCCC2)c1. The Kier molecular flexibility index (Phi) is 4.18. The maximum atomic E-state index is 6.02. The van der Waals surface area contributed by atoms with Gasteiger partial charge in [0.1, 0.15) is 0 Å². The summed E-state index contributed by atoms with van der Waals surface area (Å²) in [6.07, 6.45) is 6.10. The lowest BCUT2D eigenvalue weighted by molar-refractivity contribution is 0.715. The minimum atomic E-state index is 0.563. The average molecular weight is 230 g/mol. The van der Waals surface area contributed by atoms with E-state index in [4.69, 9.17) is 5.73 Å². The van der Waals surface area contributed by atoms with Crippen LogP contribution in [0.1, 0.15) is 36.8 Å². The lowest BCUT2D eigenvalue weighted by Gasteiger charge is -2.08. The molecule has 0 saturated heterocycles. The number of hydrogen-bond acceptors (Lipinski definition) is 1. The number of benzene rings is 1. The zero-order valence-corrected chi connectivity index (χ0v) is 10.7. The van der Waals surface area contributed by atoms with Crippen molar-refractivity contribution < 1.29 is 0 Å². The molecule has 0 bridgehead atoms. The van der Waals surface area contributed by atoms with Crippen molar-refractivity contribution in [3.05, 3.63) is 35.4 Å². The highest BCUT2D eigenvalue weighted by atomic mass is 14.9. The van der Waals surface area contributed by atoms with Crippen LogP contribution in [0.3, 0.4) is 0 Å². The molecule has 2 rings (SSSR count). The summed E-state index contributed by atoms with van der Waals surface area (Å²) in [4.78, 5) is 4.53. The molecule has 2 heteroatoms. The molecule has 1 fully saturated rings. The minimum Gasteiger partial charge on any atom is -0.387 e. The summed E-state index contributed by atoms with van der Waals surface area (Å²) in [6.45, 7) is 2.95. The van der Waals surface area contributed by atoms with E-state index in [0.29, 0.717) is 5.92 Å². The molecule has 92 valence electrons. The summed E-state index contributed by atoms with van der Waals surface area (Å²) in [7, 11) is 0. The summed E-state index contributed by atoms with van der Waals surface area (Å²) < 4.78 is 0. The summed E-state index contributed by atoms with van der Waals surface area (Å²) in [5.41, 5.74) is 8.69. The third kappa shape index (κ3) is 3.58. The van der Waals surface area contributed by atoms with E-state index in [2.05, 4.69) is 36.2 Å². The van der Waals surface area contributed by atoms with Gasteiger partial charge in [0.2, 0.25) is 0 Å². The van der Waals surface area contributed by atoms with Crippen molar-refractivity contribution >= 4 is 5.84 Å². The molecule has 0 aliphatic heterocycles. The van der Waals surface area contributed by atoms with Gasteiger partial charge < -0.3 is 5.73 Å². The van der Waals surface area contributed by atoms with Crippen LogP contribution < -0.4 is 5.73 Å². The van der Waals surface area contributed by atoms with Crippen molar-refractivity contribution in [1.82, 2.24) is 0 Å². The quantitative estimate of drug-likeness (QED) is 0.626. The molecule has 1 aliphatic rings. The highest BCUT2D eigenvalue weighted by molar-refractivity contribution is 5.83. The van der Waals surface area contributed by atoms with Gasteiger partial charge in [-0.05, 0) is 31.7 Å². The number of aliphatic imine (C=N–C) groups is 1. The largest absolute Gasteiger partial charge is 0.387 e. The molecular weight excluding hydrogens is 208 g/mol. The van der Waals surface area contributed by atoms with Gasteiger partial charge in [0.25, 0.3) is 0 Å². The molecule has 0 aromatic heterocycles. The van der Waals surface area contributed by atoms with E-state index in [1.54, 1.807) is 0 Å². The molecule has 0 unspecified atom stereocenters. The van der Waals surface area contributed by atoms with Gasteiger partial charge in [0.05, 0.1) is 5.84 Å². The number of aryl methyl sites for hydroxylation is 1. The molecule has 0 radical (unpaired) electrons. The summed E-state index contributed by atoms with van der Waals surface area (Å²) in [6, 6.07) is 8.62. The molecule has 2 nitrogen and oxygen atoms in total. The van der Waals surface area contributed by atoms with Gasteiger partial charge in [-0.1, -0.05) is 42.7 Å². The van der Waals surface area contributed by atoms with Crippen molar-refractivity contribution in [2.75, 3.05) is 6.54 Å². The van der Waals surface area contributed by atoms with E-state index in [9.17, 15) is 0 Å². The van der Waals surface area contributed by atoms with Crippen LogP contribution in [0.4, 0.5) is 0 Å². The van der Waals surface area contributed by atoms with Crippen LogP contribution in [0, 0.1) is 12.8 Å². The zero-order valence-electron chi connectivity index (χ0n) is 10.7. The van der Waals surface area contributed by atoms with E-state index in [1.165, 1.54) is 36.8 Å². The van der Waals surface area contributed by atoms with Crippen LogP contribution in [0.15, 0.2) is 29.3 Å².